The number of carbonyl (C=O) groups excluding carboxylic acids is 1. The van der Waals surface area contributed by atoms with Crippen LogP contribution in [0.5, 0.6) is 0 Å². The molecule has 0 aliphatic heterocycles. The first-order valence-corrected chi connectivity index (χ1v) is 8.22. The number of aromatic amines is 2. The van der Waals surface area contributed by atoms with Gasteiger partial charge in [-0.3, -0.25) is 24.6 Å². The molecule has 122 valence electrons. The Labute approximate surface area is 140 Å². The molecular weight excluding hydrogens is 328 g/mol. The van der Waals surface area contributed by atoms with E-state index in [1.807, 2.05) is 6.92 Å². The predicted molar refractivity (Wildman–Crippen MR) is 93.8 cm³/mol. The highest BCUT2D eigenvalue weighted by Gasteiger charge is 2.12. The van der Waals surface area contributed by atoms with E-state index < -0.39 is 11.1 Å². The number of pyridine rings is 1. The summed E-state index contributed by atoms with van der Waals surface area (Å²) < 4.78 is 0. The molecule has 0 aliphatic rings. The predicted octanol–water partition coefficient (Wildman–Crippen LogP) is 1.98. The van der Waals surface area contributed by atoms with Crippen LogP contribution in [-0.4, -0.2) is 26.8 Å². The van der Waals surface area contributed by atoms with E-state index in [4.69, 9.17) is 0 Å². The molecule has 7 nitrogen and oxygen atoms in total. The molecule has 0 spiro atoms. The van der Waals surface area contributed by atoms with Crippen molar-refractivity contribution in [3.8, 4) is 0 Å². The number of aromatic nitrogens is 3. The van der Waals surface area contributed by atoms with Gasteiger partial charge in [0.1, 0.15) is 0 Å². The Morgan fingerprint density at radius 3 is 2.79 bits per heavy atom. The maximum Gasteiger partial charge on any atom is 0.272 e. The van der Waals surface area contributed by atoms with Crippen LogP contribution in [0.3, 0.4) is 0 Å². The number of amides is 1. The van der Waals surface area contributed by atoms with Crippen LogP contribution in [0.4, 0.5) is 5.69 Å². The van der Waals surface area contributed by atoms with Crippen molar-refractivity contribution in [1.82, 2.24) is 15.2 Å². The highest BCUT2D eigenvalue weighted by atomic mass is 32.2. The van der Waals surface area contributed by atoms with Crippen LogP contribution in [0.1, 0.15) is 17.3 Å². The van der Waals surface area contributed by atoms with Gasteiger partial charge < -0.3 is 5.32 Å². The number of thioether (sulfide) groups is 1. The van der Waals surface area contributed by atoms with Crippen LogP contribution >= 0.6 is 11.8 Å². The van der Waals surface area contributed by atoms with Gasteiger partial charge in [-0.2, -0.15) is 0 Å². The molecular formula is C16H14N4O3S. The zero-order valence-electron chi connectivity index (χ0n) is 12.8. The first-order chi connectivity index (χ1) is 11.6. The number of nitrogens with zero attached hydrogens (tertiary/aromatic N) is 1. The van der Waals surface area contributed by atoms with Crippen LogP contribution in [0.25, 0.3) is 10.8 Å². The monoisotopic (exact) mass is 342 g/mol. The second-order valence-corrected chi connectivity index (χ2v) is 6.19. The van der Waals surface area contributed by atoms with E-state index in [9.17, 15) is 14.4 Å². The maximum absolute atomic E-state index is 12.5. The Bertz CT molecular complexity index is 1030. The fourth-order valence-electron chi connectivity index (χ4n) is 2.31. The number of rotatable bonds is 4. The lowest BCUT2D eigenvalue weighted by molar-refractivity contribution is 0.102. The van der Waals surface area contributed by atoms with Crippen LogP contribution < -0.4 is 16.4 Å². The summed E-state index contributed by atoms with van der Waals surface area (Å²) in [5, 5.41) is 8.32. The molecule has 0 bridgehead atoms. The molecule has 0 radical (unpaired) electrons. The van der Waals surface area contributed by atoms with Crippen molar-refractivity contribution in [2.24, 2.45) is 0 Å². The van der Waals surface area contributed by atoms with Crippen molar-refractivity contribution < 1.29 is 4.79 Å². The van der Waals surface area contributed by atoms with Crippen molar-refractivity contribution in [1.29, 1.82) is 0 Å². The van der Waals surface area contributed by atoms with Gasteiger partial charge in [0.25, 0.3) is 17.0 Å². The van der Waals surface area contributed by atoms with Crippen LogP contribution in [-0.2, 0) is 0 Å². The van der Waals surface area contributed by atoms with Gasteiger partial charge in [0.15, 0.2) is 0 Å². The minimum absolute atomic E-state index is 0.145. The Hall–Kier alpha value is -2.87. The lowest BCUT2D eigenvalue weighted by atomic mass is 10.1. The Morgan fingerprint density at radius 2 is 2.00 bits per heavy atom. The third-order valence-electron chi connectivity index (χ3n) is 3.36. The Morgan fingerprint density at radius 1 is 1.21 bits per heavy atom. The van der Waals surface area contributed by atoms with E-state index in [-0.39, 0.29) is 22.4 Å². The topological polar surface area (TPSA) is 108 Å². The lowest BCUT2D eigenvalue weighted by Crippen LogP contribution is -2.21. The molecule has 0 atom stereocenters. The molecule has 3 aromatic rings. The molecule has 3 N–H and O–H groups in total. The largest absolute Gasteiger partial charge is 0.321 e. The first kappa shape index (κ1) is 16.0. The van der Waals surface area contributed by atoms with E-state index in [0.29, 0.717) is 5.56 Å². The quantitative estimate of drug-likeness (QED) is 0.628. The lowest BCUT2D eigenvalue weighted by Gasteiger charge is -2.08. The molecule has 2 aromatic heterocycles. The van der Waals surface area contributed by atoms with Crippen molar-refractivity contribution in [3.05, 3.63) is 62.8 Å². The molecule has 24 heavy (non-hydrogen) atoms. The Balaban J connectivity index is 2.00. The summed E-state index contributed by atoms with van der Waals surface area (Å²) in [6, 6.07) is 8.00. The minimum Gasteiger partial charge on any atom is -0.321 e. The molecule has 3 rings (SSSR count). The smallest absolute Gasteiger partial charge is 0.272 e. The van der Waals surface area contributed by atoms with E-state index in [1.54, 1.807) is 30.5 Å². The number of hydrogen-bond donors (Lipinski definition) is 3. The summed E-state index contributed by atoms with van der Waals surface area (Å²) in [7, 11) is 0. The highest BCUT2D eigenvalue weighted by molar-refractivity contribution is 7.99. The minimum atomic E-state index is -0.475. The number of benzene rings is 1. The number of hydrogen-bond acceptors (Lipinski definition) is 5. The normalized spacial score (nSPS) is 10.7. The molecule has 8 heteroatoms. The molecule has 0 fully saturated rings. The summed E-state index contributed by atoms with van der Waals surface area (Å²) in [6.45, 7) is 2.00. The third kappa shape index (κ3) is 3.09. The molecule has 0 saturated carbocycles. The fraction of sp³-hybridized carbons (Fsp3) is 0.125. The molecule has 0 saturated heterocycles. The zero-order chi connectivity index (χ0) is 17.1. The average molecular weight is 342 g/mol. The van der Waals surface area contributed by atoms with Crippen LogP contribution in [0.2, 0.25) is 0 Å². The van der Waals surface area contributed by atoms with E-state index in [2.05, 4.69) is 20.5 Å². The van der Waals surface area contributed by atoms with Gasteiger partial charge in [-0.1, -0.05) is 13.0 Å². The second kappa shape index (κ2) is 6.71. The number of carbonyl (C=O) groups is 1. The standard InChI is InChI=1S/C16H14N4O3S/c1-2-24-12-8-9(6-7-17-12)14(21)18-11-5-3-4-10-13(11)16(23)20-19-15(10)22/h3-8H,2H2,1H3,(H,18,21)(H,19,22)(H,20,23). The molecule has 0 unspecified atom stereocenters. The van der Waals surface area contributed by atoms with Gasteiger partial charge in [0.2, 0.25) is 0 Å². The van der Waals surface area contributed by atoms with E-state index >= 15 is 0 Å². The van der Waals surface area contributed by atoms with Crippen molar-refractivity contribution >= 4 is 34.1 Å². The molecule has 2 heterocycles. The first-order valence-electron chi connectivity index (χ1n) is 7.24. The van der Waals surface area contributed by atoms with Crippen molar-refractivity contribution in [2.75, 3.05) is 11.1 Å². The summed E-state index contributed by atoms with van der Waals surface area (Å²) >= 11 is 1.53. The molecule has 1 amide bonds. The van der Waals surface area contributed by atoms with Gasteiger partial charge in [-0.05, 0) is 30.0 Å². The van der Waals surface area contributed by atoms with E-state index in [1.165, 1.54) is 17.8 Å². The molecule has 0 aliphatic carbocycles. The van der Waals surface area contributed by atoms with Gasteiger partial charge >= 0.3 is 0 Å². The zero-order valence-corrected chi connectivity index (χ0v) is 13.6. The second-order valence-electron chi connectivity index (χ2n) is 4.91. The van der Waals surface area contributed by atoms with Gasteiger partial charge in [-0.25, -0.2) is 4.98 Å². The van der Waals surface area contributed by atoms with E-state index in [0.717, 1.165) is 10.8 Å². The number of H-pyrrole nitrogens is 2. The van der Waals surface area contributed by atoms with Gasteiger partial charge in [0, 0.05) is 11.8 Å². The number of nitrogens with one attached hydrogen (secondary N) is 3. The van der Waals surface area contributed by atoms with Gasteiger partial charge in [0.05, 0.1) is 21.5 Å². The Kier molecular flexibility index (Phi) is 4.48. The maximum atomic E-state index is 12.5. The summed E-state index contributed by atoms with van der Waals surface area (Å²) in [5.41, 5.74) is -0.186. The summed E-state index contributed by atoms with van der Waals surface area (Å²) in [6.07, 6.45) is 1.56. The number of fused-ring (bicyclic) bond motifs is 1. The van der Waals surface area contributed by atoms with Crippen LogP contribution in [0, 0.1) is 0 Å². The van der Waals surface area contributed by atoms with Gasteiger partial charge in [-0.15, -0.1) is 11.8 Å². The fourth-order valence-corrected chi connectivity index (χ4v) is 2.95. The highest BCUT2D eigenvalue weighted by Crippen LogP contribution is 2.19. The third-order valence-corrected chi connectivity index (χ3v) is 4.17. The average Bonchev–Trinajstić information content (AvgIpc) is 2.59. The van der Waals surface area contributed by atoms with Crippen LogP contribution in [0.15, 0.2) is 51.1 Å². The number of anilines is 1. The van der Waals surface area contributed by atoms with Crippen molar-refractivity contribution in [2.45, 2.75) is 11.9 Å². The van der Waals surface area contributed by atoms with Crippen molar-refractivity contribution in [3.63, 3.8) is 0 Å². The summed E-state index contributed by atoms with van der Waals surface area (Å²) in [5.74, 6) is 0.474. The summed E-state index contributed by atoms with van der Waals surface area (Å²) in [4.78, 5) is 40.5. The SMILES string of the molecule is CCSc1cc(C(=O)Nc2cccc3c(=O)[nH][nH]c(=O)c23)ccn1. The molecule has 1 aromatic carbocycles.